The van der Waals surface area contributed by atoms with Crippen molar-refractivity contribution in [2.45, 2.75) is 45.2 Å². The van der Waals surface area contributed by atoms with Crippen LogP contribution in [0.4, 0.5) is 22.0 Å². The maximum absolute atomic E-state index is 15.2. The second kappa shape index (κ2) is 12.3. The summed E-state index contributed by atoms with van der Waals surface area (Å²) in [6.07, 6.45) is -1.25. The minimum Gasteiger partial charge on any atom is -0.494 e. The van der Waals surface area contributed by atoms with Gasteiger partial charge in [-0.15, -0.1) is 0 Å². The lowest BCUT2D eigenvalue weighted by atomic mass is 9.97. The lowest BCUT2D eigenvalue weighted by Crippen LogP contribution is -2.19. The van der Waals surface area contributed by atoms with Crippen molar-refractivity contribution in [3.63, 3.8) is 0 Å². The van der Waals surface area contributed by atoms with Crippen LogP contribution in [-0.2, 0) is 25.7 Å². The molecular weight excluding hydrogens is 499 g/mol. The van der Waals surface area contributed by atoms with Crippen molar-refractivity contribution in [1.29, 1.82) is 0 Å². The van der Waals surface area contributed by atoms with Gasteiger partial charge in [0.05, 0.1) is 6.61 Å². The van der Waals surface area contributed by atoms with E-state index < -0.39 is 24.3 Å². The molecule has 38 heavy (non-hydrogen) atoms. The molecule has 7 heteroatoms. The molecule has 0 aliphatic carbocycles. The van der Waals surface area contributed by atoms with Gasteiger partial charge >= 0.3 is 6.18 Å². The van der Waals surface area contributed by atoms with E-state index in [9.17, 15) is 17.6 Å². The molecule has 0 heterocycles. The van der Waals surface area contributed by atoms with Crippen molar-refractivity contribution in [2.75, 3.05) is 13.2 Å². The van der Waals surface area contributed by atoms with Crippen LogP contribution in [0.2, 0.25) is 0 Å². The lowest BCUT2D eigenvalue weighted by Gasteiger charge is -2.11. The molecule has 0 radical (unpaired) electrons. The minimum atomic E-state index is -4.55. The third kappa shape index (κ3) is 7.46. The summed E-state index contributed by atoms with van der Waals surface area (Å²) in [4.78, 5) is 0. The minimum absolute atomic E-state index is 0.317. The van der Waals surface area contributed by atoms with E-state index >= 15 is 4.39 Å². The Morgan fingerprint density at radius 1 is 0.684 bits per heavy atom. The summed E-state index contributed by atoms with van der Waals surface area (Å²) in [7, 11) is 0. The summed E-state index contributed by atoms with van der Waals surface area (Å²) in [5.74, 6) is -0.789. The molecule has 4 aromatic rings. The molecule has 0 amide bonds. The first-order valence-corrected chi connectivity index (χ1v) is 12.6. The van der Waals surface area contributed by atoms with E-state index in [0.29, 0.717) is 36.0 Å². The highest BCUT2D eigenvalue weighted by Crippen LogP contribution is 2.26. The summed E-state index contributed by atoms with van der Waals surface area (Å²) in [6.45, 7) is 1.21. The maximum atomic E-state index is 15.2. The number of benzene rings is 4. The molecule has 0 bridgehead atoms. The van der Waals surface area contributed by atoms with Crippen LogP contribution in [0.15, 0.2) is 72.8 Å². The largest absolute Gasteiger partial charge is 0.494 e. The van der Waals surface area contributed by atoms with E-state index in [1.165, 1.54) is 17.7 Å². The second-order valence-corrected chi connectivity index (χ2v) is 9.26. The topological polar surface area (TPSA) is 18.5 Å². The average Bonchev–Trinajstić information content (AvgIpc) is 2.90. The quantitative estimate of drug-likeness (QED) is 0.182. The highest BCUT2D eigenvalue weighted by molar-refractivity contribution is 5.84. The Balaban J connectivity index is 1.37. The van der Waals surface area contributed by atoms with Gasteiger partial charge in [0.15, 0.2) is 18.2 Å². The van der Waals surface area contributed by atoms with Gasteiger partial charge < -0.3 is 9.47 Å². The third-order valence-corrected chi connectivity index (χ3v) is 6.27. The third-order valence-electron chi connectivity index (χ3n) is 6.27. The SMILES string of the molecule is CCCOc1ccc(CCc2ccc3c(F)c(CCc4ccc(OCC(F)(F)F)c(F)c4)ccc3c2)cc1. The van der Waals surface area contributed by atoms with Crippen molar-refractivity contribution in [2.24, 2.45) is 0 Å². The van der Waals surface area contributed by atoms with Crippen molar-refractivity contribution < 1.29 is 31.4 Å². The van der Waals surface area contributed by atoms with Gasteiger partial charge in [0.2, 0.25) is 0 Å². The molecule has 4 aromatic carbocycles. The van der Waals surface area contributed by atoms with Crippen molar-refractivity contribution in [3.8, 4) is 11.5 Å². The predicted molar refractivity (Wildman–Crippen MR) is 139 cm³/mol. The molecule has 0 unspecified atom stereocenters. The number of halogens is 5. The zero-order valence-corrected chi connectivity index (χ0v) is 21.1. The fourth-order valence-electron chi connectivity index (χ4n) is 4.25. The van der Waals surface area contributed by atoms with Crippen molar-refractivity contribution in [1.82, 2.24) is 0 Å². The Hall–Kier alpha value is -3.61. The van der Waals surface area contributed by atoms with E-state index in [0.717, 1.165) is 42.0 Å². The monoisotopic (exact) mass is 528 g/mol. The van der Waals surface area contributed by atoms with Crippen LogP contribution < -0.4 is 9.47 Å². The molecule has 2 nitrogen and oxygen atoms in total. The second-order valence-electron chi connectivity index (χ2n) is 9.26. The number of fused-ring (bicyclic) bond motifs is 1. The summed E-state index contributed by atoms with van der Waals surface area (Å²) >= 11 is 0. The number of ether oxygens (including phenoxy) is 2. The van der Waals surface area contributed by atoms with Crippen LogP contribution >= 0.6 is 0 Å². The molecule has 0 atom stereocenters. The Labute approximate surface area is 219 Å². The number of hydrogen-bond acceptors (Lipinski definition) is 2. The first kappa shape index (κ1) is 27.4. The summed E-state index contributed by atoms with van der Waals surface area (Å²) in [5, 5.41) is 1.33. The van der Waals surface area contributed by atoms with Crippen LogP contribution in [0.1, 0.15) is 35.6 Å². The lowest BCUT2D eigenvalue weighted by molar-refractivity contribution is -0.153. The van der Waals surface area contributed by atoms with Crippen LogP contribution in [0.3, 0.4) is 0 Å². The first-order chi connectivity index (χ1) is 18.2. The number of rotatable bonds is 11. The van der Waals surface area contributed by atoms with Crippen molar-refractivity contribution in [3.05, 3.63) is 107 Å². The number of alkyl halides is 3. The molecule has 4 rings (SSSR count). The van der Waals surface area contributed by atoms with Gasteiger partial charge in [0.25, 0.3) is 0 Å². The fourth-order valence-corrected chi connectivity index (χ4v) is 4.25. The van der Waals surface area contributed by atoms with Gasteiger partial charge in [0.1, 0.15) is 11.6 Å². The normalized spacial score (nSPS) is 11.6. The van der Waals surface area contributed by atoms with Gasteiger partial charge in [-0.3, -0.25) is 0 Å². The highest BCUT2D eigenvalue weighted by atomic mass is 19.4. The smallest absolute Gasteiger partial charge is 0.422 e. The molecule has 0 aliphatic heterocycles. The zero-order chi connectivity index (χ0) is 27.1. The van der Waals surface area contributed by atoms with E-state index in [2.05, 4.69) is 23.8 Å². The standard InChI is InChI=1S/C31H29F5O2/c1-2-17-37-26-13-6-21(7-14-26)3-4-22-8-15-27-25(18-22)12-11-24(30(27)33)10-5-23-9-16-29(28(32)19-23)38-20-31(34,35)36/h6-9,11-16,18-19H,2-5,10,17,20H2,1H3. The predicted octanol–water partition coefficient (Wildman–Crippen LogP) is 8.42. The van der Waals surface area contributed by atoms with Gasteiger partial charge in [0, 0.05) is 5.39 Å². The summed E-state index contributed by atoms with van der Waals surface area (Å²) in [5.41, 5.74) is 3.35. The van der Waals surface area contributed by atoms with E-state index in [-0.39, 0.29) is 5.82 Å². The van der Waals surface area contributed by atoms with Gasteiger partial charge in [-0.1, -0.05) is 55.5 Å². The maximum Gasteiger partial charge on any atom is 0.422 e. The summed E-state index contributed by atoms with van der Waals surface area (Å²) in [6, 6.07) is 21.2. The molecular formula is C31H29F5O2. The molecule has 200 valence electrons. The Bertz CT molecular complexity index is 1360. The van der Waals surface area contributed by atoms with Gasteiger partial charge in [-0.2, -0.15) is 13.2 Å². The van der Waals surface area contributed by atoms with E-state index in [1.807, 2.05) is 30.3 Å². The van der Waals surface area contributed by atoms with Crippen LogP contribution in [0, 0.1) is 11.6 Å². The first-order valence-electron chi connectivity index (χ1n) is 12.6. The fraction of sp³-hybridized carbons (Fsp3) is 0.290. The molecule has 0 spiro atoms. The zero-order valence-electron chi connectivity index (χ0n) is 21.1. The van der Waals surface area contributed by atoms with Crippen molar-refractivity contribution >= 4 is 10.8 Å². The molecule has 0 saturated carbocycles. The molecule has 0 saturated heterocycles. The molecule has 0 N–H and O–H groups in total. The summed E-state index contributed by atoms with van der Waals surface area (Å²) < 4.78 is 76.4. The highest BCUT2D eigenvalue weighted by Gasteiger charge is 2.29. The average molecular weight is 529 g/mol. The Morgan fingerprint density at radius 2 is 1.34 bits per heavy atom. The molecule has 0 aromatic heterocycles. The van der Waals surface area contributed by atoms with E-state index in [4.69, 9.17) is 4.74 Å². The molecule has 0 aliphatic rings. The van der Waals surface area contributed by atoms with Crippen LogP contribution in [0.25, 0.3) is 10.8 Å². The molecule has 0 fully saturated rings. The van der Waals surface area contributed by atoms with Crippen LogP contribution in [0.5, 0.6) is 11.5 Å². The van der Waals surface area contributed by atoms with Gasteiger partial charge in [-0.25, -0.2) is 8.78 Å². The van der Waals surface area contributed by atoms with Crippen LogP contribution in [-0.4, -0.2) is 19.4 Å². The Kier molecular flexibility index (Phi) is 8.87. The Morgan fingerprint density at radius 3 is 2.05 bits per heavy atom. The number of aryl methyl sites for hydroxylation is 4. The van der Waals surface area contributed by atoms with E-state index in [1.54, 1.807) is 12.1 Å². The van der Waals surface area contributed by atoms with Gasteiger partial charge in [-0.05, 0) is 84.0 Å². The number of hydrogen-bond donors (Lipinski definition) is 0.